The number of anilines is 1. The number of halogens is 1. The van der Waals surface area contributed by atoms with Crippen LogP contribution in [0.4, 0.5) is 5.82 Å². The van der Waals surface area contributed by atoms with E-state index >= 15 is 0 Å². The summed E-state index contributed by atoms with van der Waals surface area (Å²) < 4.78 is 0. The van der Waals surface area contributed by atoms with Gasteiger partial charge in [-0.05, 0) is 30.4 Å². The van der Waals surface area contributed by atoms with E-state index in [1.54, 1.807) is 0 Å². The summed E-state index contributed by atoms with van der Waals surface area (Å²) in [4.78, 5) is 12.4. The van der Waals surface area contributed by atoms with Crippen LogP contribution in [0.2, 0.25) is 5.15 Å². The molecule has 2 aromatic heterocycles. The quantitative estimate of drug-likeness (QED) is 0.770. The highest BCUT2D eigenvalue weighted by atomic mass is 35.5. The van der Waals surface area contributed by atoms with E-state index in [-0.39, 0.29) is 0 Å². The van der Waals surface area contributed by atoms with Gasteiger partial charge in [-0.1, -0.05) is 18.0 Å². The van der Waals surface area contributed by atoms with Crippen molar-refractivity contribution in [3.63, 3.8) is 0 Å². The molecule has 0 aliphatic heterocycles. The first-order valence-electron chi connectivity index (χ1n) is 5.32. The molecular weight excluding hydrogens is 224 g/mol. The first-order valence-corrected chi connectivity index (χ1v) is 5.70. The summed E-state index contributed by atoms with van der Waals surface area (Å²) in [5, 5.41) is 0.468. The van der Waals surface area contributed by atoms with Gasteiger partial charge >= 0.3 is 0 Å². The summed E-state index contributed by atoms with van der Waals surface area (Å²) in [6.07, 6.45) is 5.14. The van der Waals surface area contributed by atoms with Crippen LogP contribution in [0.1, 0.15) is 30.7 Å². The van der Waals surface area contributed by atoms with E-state index in [4.69, 9.17) is 17.3 Å². The average molecular weight is 235 g/mol. The van der Waals surface area contributed by atoms with Crippen molar-refractivity contribution in [1.29, 1.82) is 0 Å². The van der Waals surface area contributed by atoms with Crippen molar-refractivity contribution in [2.75, 3.05) is 5.73 Å². The molecule has 2 N–H and O–H groups in total. The molecule has 0 radical (unpaired) electrons. The number of hydrogen-bond acceptors (Lipinski definition) is 4. The maximum Gasteiger partial charge on any atom is 0.153 e. The van der Waals surface area contributed by atoms with E-state index < -0.39 is 0 Å². The highest BCUT2D eigenvalue weighted by Gasteiger charge is 2.23. The first kappa shape index (κ1) is 9.78. The summed E-state index contributed by atoms with van der Waals surface area (Å²) in [6.45, 7) is 0. The molecule has 0 bridgehead atoms. The van der Waals surface area contributed by atoms with Crippen molar-refractivity contribution >= 4 is 28.5 Å². The van der Waals surface area contributed by atoms with Crippen LogP contribution in [0.25, 0.3) is 11.0 Å². The van der Waals surface area contributed by atoms with Gasteiger partial charge in [0.2, 0.25) is 0 Å². The molecule has 0 unspecified atom stereocenters. The molecule has 1 fully saturated rings. The second-order valence-electron chi connectivity index (χ2n) is 4.12. The Morgan fingerprint density at radius 3 is 2.75 bits per heavy atom. The lowest BCUT2D eigenvalue weighted by atomic mass is 9.80. The Labute approximate surface area is 97.9 Å². The van der Waals surface area contributed by atoms with Crippen LogP contribution in [0.5, 0.6) is 0 Å². The lowest BCUT2D eigenvalue weighted by Crippen LogP contribution is -2.11. The molecule has 0 saturated heterocycles. The van der Waals surface area contributed by atoms with E-state index in [0.717, 1.165) is 11.1 Å². The third kappa shape index (κ3) is 1.41. The van der Waals surface area contributed by atoms with Gasteiger partial charge in [0.1, 0.15) is 17.0 Å². The first-order chi connectivity index (χ1) is 7.75. The van der Waals surface area contributed by atoms with Crippen LogP contribution >= 0.6 is 11.6 Å². The number of pyridine rings is 1. The van der Waals surface area contributed by atoms with Gasteiger partial charge in [-0.25, -0.2) is 15.0 Å². The molecule has 0 atom stereocenters. The number of fused-ring (bicyclic) bond motifs is 1. The minimum absolute atomic E-state index is 0.396. The summed E-state index contributed by atoms with van der Waals surface area (Å²) in [7, 11) is 0. The smallest absolute Gasteiger partial charge is 0.153 e. The van der Waals surface area contributed by atoms with Gasteiger partial charge in [0, 0.05) is 0 Å². The van der Waals surface area contributed by atoms with Gasteiger partial charge in [-0.2, -0.15) is 0 Å². The standard InChI is InChI=1S/C11H11ClN4/c12-8-4-7(6-2-1-3-6)9-10(16-8)11(13)15-5-14-9/h4-6H,1-3H2,(H2,13,14,15). The van der Waals surface area contributed by atoms with E-state index in [1.165, 1.54) is 25.6 Å². The normalized spacial score (nSPS) is 16.3. The summed E-state index contributed by atoms with van der Waals surface area (Å²) >= 11 is 6.00. The minimum Gasteiger partial charge on any atom is -0.382 e. The van der Waals surface area contributed by atoms with E-state index in [1.807, 2.05) is 6.07 Å². The largest absolute Gasteiger partial charge is 0.382 e. The molecule has 1 aliphatic rings. The molecule has 0 aromatic carbocycles. The van der Waals surface area contributed by atoms with E-state index in [0.29, 0.717) is 22.4 Å². The van der Waals surface area contributed by atoms with E-state index in [2.05, 4.69) is 15.0 Å². The predicted octanol–water partition coefficient (Wildman–Crippen LogP) is 2.53. The number of nitrogens with zero attached hydrogens (tertiary/aromatic N) is 3. The minimum atomic E-state index is 0.396. The molecule has 3 rings (SSSR count). The van der Waals surface area contributed by atoms with Crippen LogP contribution in [0.15, 0.2) is 12.4 Å². The molecule has 2 heterocycles. The molecule has 1 saturated carbocycles. The molecule has 0 amide bonds. The Balaban J connectivity index is 2.29. The number of rotatable bonds is 1. The fourth-order valence-electron chi connectivity index (χ4n) is 2.08. The lowest BCUT2D eigenvalue weighted by Gasteiger charge is -2.26. The lowest BCUT2D eigenvalue weighted by molar-refractivity contribution is 0.421. The van der Waals surface area contributed by atoms with Crippen LogP contribution in [0, 0.1) is 0 Å². The maximum atomic E-state index is 6.00. The van der Waals surface area contributed by atoms with Crippen molar-refractivity contribution in [2.45, 2.75) is 25.2 Å². The zero-order chi connectivity index (χ0) is 11.1. The SMILES string of the molecule is Nc1ncnc2c(C3CCC3)cc(Cl)nc12. The van der Waals surface area contributed by atoms with Crippen LogP contribution < -0.4 is 5.73 Å². The third-order valence-corrected chi connectivity index (χ3v) is 3.36. The van der Waals surface area contributed by atoms with Gasteiger partial charge < -0.3 is 5.73 Å². The fourth-order valence-corrected chi connectivity index (χ4v) is 2.28. The van der Waals surface area contributed by atoms with Crippen LogP contribution in [0.3, 0.4) is 0 Å². The zero-order valence-corrected chi connectivity index (χ0v) is 9.41. The number of aromatic nitrogens is 3. The second kappa shape index (κ2) is 3.56. The van der Waals surface area contributed by atoms with Crippen molar-refractivity contribution in [3.8, 4) is 0 Å². The Kier molecular flexibility index (Phi) is 2.17. The van der Waals surface area contributed by atoms with Crippen molar-refractivity contribution in [3.05, 3.63) is 23.1 Å². The zero-order valence-electron chi connectivity index (χ0n) is 8.65. The van der Waals surface area contributed by atoms with Gasteiger partial charge in [0.05, 0.1) is 5.52 Å². The number of nitrogen functional groups attached to an aromatic ring is 1. The topological polar surface area (TPSA) is 64.7 Å². The molecule has 1 aliphatic carbocycles. The molecule has 82 valence electrons. The van der Waals surface area contributed by atoms with Crippen LogP contribution in [-0.4, -0.2) is 15.0 Å². The predicted molar refractivity (Wildman–Crippen MR) is 63.3 cm³/mol. The van der Waals surface area contributed by atoms with E-state index in [9.17, 15) is 0 Å². The Morgan fingerprint density at radius 1 is 1.25 bits per heavy atom. The Bertz CT molecular complexity index is 551. The Hall–Kier alpha value is -1.42. The van der Waals surface area contributed by atoms with Crippen molar-refractivity contribution < 1.29 is 0 Å². The van der Waals surface area contributed by atoms with Gasteiger partial charge in [-0.15, -0.1) is 0 Å². The monoisotopic (exact) mass is 234 g/mol. The third-order valence-electron chi connectivity index (χ3n) is 3.16. The summed E-state index contributed by atoms with van der Waals surface area (Å²) in [5.41, 5.74) is 8.41. The summed E-state index contributed by atoms with van der Waals surface area (Å²) in [5.74, 6) is 0.949. The fraction of sp³-hybridized carbons (Fsp3) is 0.364. The average Bonchev–Trinajstić information content (AvgIpc) is 2.17. The molecular formula is C11H11ClN4. The van der Waals surface area contributed by atoms with Crippen LogP contribution in [-0.2, 0) is 0 Å². The van der Waals surface area contributed by atoms with Gasteiger partial charge in [-0.3, -0.25) is 0 Å². The van der Waals surface area contributed by atoms with Gasteiger partial charge in [0.25, 0.3) is 0 Å². The van der Waals surface area contributed by atoms with Crippen molar-refractivity contribution in [2.24, 2.45) is 0 Å². The van der Waals surface area contributed by atoms with Crippen molar-refractivity contribution in [1.82, 2.24) is 15.0 Å². The Morgan fingerprint density at radius 2 is 2.06 bits per heavy atom. The molecule has 16 heavy (non-hydrogen) atoms. The molecule has 2 aromatic rings. The highest BCUT2D eigenvalue weighted by Crippen LogP contribution is 2.39. The highest BCUT2D eigenvalue weighted by molar-refractivity contribution is 6.30. The number of nitrogens with two attached hydrogens (primary N) is 1. The van der Waals surface area contributed by atoms with Gasteiger partial charge in [0.15, 0.2) is 5.82 Å². The molecule has 4 nitrogen and oxygen atoms in total. The molecule has 5 heteroatoms. The second-order valence-corrected chi connectivity index (χ2v) is 4.51. The number of hydrogen-bond donors (Lipinski definition) is 1. The molecule has 0 spiro atoms. The summed E-state index contributed by atoms with van der Waals surface area (Å²) in [6, 6.07) is 1.90. The maximum absolute atomic E-state index is 6.00.